The van der Waals surface area contributed by atoms with Crippen LogP contribution in [0.3, 0.4) is 0 Å². The predicted molar refractivity (Wildman–Crippen MR) is 90.3 cm³/mol. The van der Waals surface area contributed by atoms with Gasteiger partial charge in [-0.1, -0.05) is 49.3 Å². The third-order valence-corrected chi connectivity index (χ3v) is 4.20. The molecule has 0 aliphatic heterocycles. The van der Waals surface area contributed by atoms with E-state index in [9.17, 15) is 0 Å². The molecule has 1 unspecified atom stereocenters. The fourth-order valence-corrected chi connectivity index (χ4v) is 3.00. The molecule has 1 aliphatic carbocycles. The van der Waals surface area contributed by atoms with Crippen LogP contribution in [0.4, 0.5) is 5.69 Å². The van der Waals surface area contributed by atoms with Gasteiger partial charge in [-0.3, -0.25) is 0 Å². The molecule has 2 aromatic rings. The first-order chi connectivity index (χ1) is 9.65. The maximum atomic E-state index is 5.82. The van der Waals surface area contributed by atoms with Crippen molar-refractivity contribution < 1.29 is 0 Å². The maximum Gasteiger partial charge on any atom is 0.104 e. The zero-order valence-corrected chi connectivity index (χ0v) is 12.5. The van der Waals surface area contributed by atoms with Gasteiger partial charge in [0.05, 0.1) is 0 Å². The molecule has 3 heteroatoms. The Morgan fingerprint density at radius 1 is 1.25 bits per heavy atom. The fraction of sp³-hybridized carbons (Fsp3) is 0.353. The van der Waals surface area contributed by atoms with Crippen molar-refractivity contribution in [2.45, 2.75) is 32.2 Å². The molecule has 0 saturated heterocycles. The topological polar surface area (TPSA) is 38.0 Å². The Labute approximate surface area is 125 Å². The lowest BCUT2D eigenvalue weighted by Gasteiger charge is -2.18. The molecule has 3 rings (SSSR count). The highest BCUT2D eigenvalue weighted by Gasteiger charge is 2.23. The minimum atomic E-state index is 0.457. The summed E-state index contributed by atoms with van der Waals surface area (Å²) in [5.41, 5.74) is 7.95. The van der Waals surface area contributed by atoms with Crippen molar-refractivity contribution in [3.63, 3.8) is 0 Å². The summed E-state index contributed by atoms with van der Waals surface area (Å²) >= 11 is 5.14. The van der Waals surface area contributed by atoms with Crippen molar-refractivity contribution in [1.29, 1.82) is 0 Å². The average molecular weight is 284 g/mol. The fourth-order valence-electron chi connectivity index (χ4n) is 2.82. The Kier molecular flexibility index (Phi) is 3.62. The van der Waals surface area contributed by atoms with Gasteiger partial charge in [0.25, 0.3) is 0 Å². The van der Waals surface area contributed by atoms with Gasteiger partial charge < -0.3 is 11.1 Å². The summed E-state index contributed by atoms with van der Waals surface area (Å²) in [5, 5.41) is 5.96. The number of hydrogen-bond acceptors (Lipinski definition) is 2. The predicted octanol–water partition coefficient (Wildman–Crippen LogP) is 4.07. The SMILES string of the molecule is CC(CC1CC1)Nc1ccc(C(N)=S)c2ccccc12. The molecule has 3 N–H and O–H groups in total. The van der Waals surface area contributed by atoms with Crippen LogP contribution in [0, 0.1) is 5.92 Å². The highest BCUT2D eigenvalue weighted by atomic mass is 32.1. The number of fused-ring (bicyclic) bond motifs is 1. The van der Waals surface area contributed by atoms with E-state index in [-0.39, 0.29) is 0 Å². The van der Waals surface area contributed by atoms with Gasteiger partial charge in [0.1, 0.15) is 4.99 Å². The third kappa shape index (κ3) is 2.78. The Balaban J connectivity index is 1.94. The molecule has 0 amide bonds. The molecular weight excluding hydrogens is 264 g/mol. The molecule has 0 bridgehead atoms. The molecule has 2 aromatic carbocycles. The Morgan fingerprint density at radius 3 is 2.60 bits per heavy atom. The molecule has 104 valence electrons. The van der Waals surface area contributed by atoms with E-state index in [0.717, 1.165) is 16.9 Å². The lowest BCUT2D eigenvalue weighted by Crippen LogP contribution is -2.16. The summed E-state index contributed by atoms with van der Waals surface area (Å²) in [6, 6.07) is 12.9. The van der Waals surface area contributed by atoms with Crippen molar-refractivity contribution in [2.24, 2.45) is 11.7 Å². The Morgan fingerprint density at radius 2 is 1.95 bits per heavy atom. The van der Waals surface area contributed by atoms with Crippen LogP contribution in [-0.4, -0.2) is 11.0 Å². The van der Waals surface area contributed by atoms with Crippen molar-refractivity contribution in [1.82, 2.24) is 0 Å². The van der Waals surface area contributed by atoms with Gasteiger partial charge >= 0.3 is 0 Å². The van der Waals surface area contributed by atoms with Gasteiger partial charge in [-0.2, -0.15) is 0 Å². The number of nitrogens with one attached hydrogen (secondary N) is 1. The number of hydrogen-bond donors (Lipinski definition) is 2. The summed E-state index contributed by atoms with van der Waals surface area (Å²) < 4.78 is 0. The van der Waals surface area contributed by atoms with E-state index < -0.39 is 0 Å². The van der Waals surface area contributed by atoms with Gasteiger partial charge in [-0.05, 0) is 36.8 Å². The van der Waals surface area contributed by atoms with Crippen LogP contribution >= 0.6 is 12.2 Å². The van der Waals surface area contributed by atoms with E-state index in [1.54, 1.807) is 0 Å². The van der Waals surface area contributed by atoms with Crippen molar-refractivity contribution >= 4 is 33.7 Å². The van der Waals surface area contributed by atoms with Gasteiger partial charge in [0.2, 0.25) is 0 Å². The molecule has 0 spiro atoms. The first-order valence-electron chi connectivity index (χ1n) is 7.23. The summed E-state index contributed by atoms with van der Waals surface area (Å²) in [7, 11) is 0. The van der Waals surface area contributed by atoms with Gasteiger partial charge in [-0.25, -0.2) is 0 Å². The number of benzene rings is 2. The molecule has 1 saturated carbocycles. The first kappa shape index (κ1) is 13.4. The molecule has 0 radical (unpaired) electrons. The van der Waals surface area contributed by atoms with Crippen LogP contribution in [-0.2, 0) is 0 Å². The molecule has 1 aliphatic rings. The molecule has 0 heterocycles. The lowest BCUT2D eigenvalue weighted by atomic mass is 10.0. The van der Waals surface area contributed by atoms with E-state index in [1.165, 1.54) is 30.3 Å². The monoisotopic (exact) mass is 284 g/mol. The van der Waals surface area contributed by atoms with Gasteiger partial charge in [0.15, 0.2) is 0 Å². The van der Waals surface area contributed by atoms with Crippen LogP contribution in [0.15, 0.2) is 36.4 Å². The lowest BCUT2D eigenvalue weighted by molar-refractivity contribution is 0.643. The van der Waals surface area contributed by atoms with E-state index in [0.29, 0.717) is 11.0 Å². The van der Waals surface area contributed by atoms with E-state index in [1.807, 2.05) is 12.1 Å². The number of anilines is 1. The number of nitrogens with two attached hydrogens (primary N) is 1. The molecule has 2 nitrogen and oxygen atoms in total. The van der Waals surface area contributed by atoms with Crippen LogP contribution in [0.5, 0.6) is 0 Å². The molecule has 20 heavy (non-hydrogen) atoms. The zero-order valence-electron chi connectivity index (χ0n) is 11.7. The maximum absolute atomic E-state index is 5.82. The second-order valence-corrected chi connectivity index (χ2v) is 6.23. The number of rotatable bonds is 5. The first-order valence-corrected chi connectivity index (χ1v) is 7.64. The molecular formula is C17H20N2S. The zero-order chi connectivity index (χ0) is 14.1. The molecule has 1 atom stereocenters. The van der Waals surface area contributed by atoms with Gasteiger partial charge in [0, 0.05) is 22.7 Å². The van der Waals surface area contributed by atoms with E-state index >= 15 is 0 Å². The average Bonchev–Trinajstić information content (AvgIpc) is 3.22. The highest BCUT2D eigenvalue weighted by Crippen LogP contribution is 2.35. The minimum Gasteiger partial charge on any atom is -0.389 e. The Bertz CT molecular complexity index is 646. The standard InChI is InChI=1S/C17H20N2S/c1-11(10-12-6-7-12)19-16-9-8-15(17(18)20)13-4-2-3-5-14(13)16/h2-5,8-9,11-12,19H,6-7,10H2,1H3,(H2,18,20). The smallest absolute Gasteiger partial charge is 0.104 e. The Hall–Kier alpha value is -1.61. The second kappa shape index (κ2) is 5.41. The van der Waals surface area contributed by atoms with Crippen LogP contribution in [0.25, 0.3) is 10.8 Å². The molecule has 0 aromatic heterocycles. The second-order valence-electron chi connectivity index (χ2n) is 5.79. The third-order valence-electron chi connectivity index (χ3n) is 3.98. The largest absolute Gasteiger partial charge is 0.389 e. The highest BCUT2D eigenvalue weighted by molar-refractivity contribution is 7.80. The normalized spacial score (nSPS) is 16.1. The van der Waals surface area contributed by atoms with Crippen LogP contribution < -0.4 is 11.1 Å². The summed E-state index contributed by atoms with van der Waals surface area (Å²) in [5.74, 6) is 0.930. The minimum absolute atomic E-state index is 0.457. The van der Waals surface area contributed by atoms with Crippen molar-refractivity contribution in [3.05, 3.63) is 42.0 Å². The van der Waals surface area contributed by atoms with E-state index in [2.05, 4.69) is 36.5 Å². The summed E-state index contributed by atoms with van der Waals surface area (Å²) in [6.07, 6.45) is 4.05. The van der Waals surface area contributed by atoms with E-state index in [4.69, 9.17) is 18.0 Å². The molecule has 1 fully saturated rings. The van der Waals surface area contributed by atoms with Crippen LogP contribution in [0.1, 0.15) is 31.7 Å². The van der Waals surface area contributed by atoms with Crippen LogP contribution in [0.2, 0.25) is 0 Å². The number of thiocarbonyl (C=S) groups is 1. The van der Waals surface area contributed by atoms with Crippen molar-refractivity contribution in [2.75, 3.05) is 5.32 Å². The summed E-state index contributed by atoms with van der Waals surface area (Å²) in [6.45, 7) is 2.26. The quantitative estimate of drug-likeness (QED) is 0.813. The summed E-state index contributed by atoms with van der Waals surface area (Å²) in [4.78, 5) is 0.457. The van der Waals surface area contributed by atoms with Crippen molar-refractivity contribution in [3.8, 4) is 0 Å². The van der Waals surface area contributed by atoms with Gasteiger partial charge in [-0.15, -0.1) is 0 Å².